The molecule has 0 aliphatic carbocycles. The monoisotopic (exact) mass is 238 g/mol. The molecule has 0 amide bonds. The molecule has 0 fully saturated rings. The Kier molecular flexibility index (Phi) is 4.45. The standard InChI is InChI=1S/C12H18N2O3/c1-9(2)13(3)8-10-5-6-12(17-4)11(7-10)14(15)16/h5-7,9H,8H2,1-4H3. The van der Waals surface area contributed by atoms with Crippen LogP contribution >= 0.6 is 0 Å². The van der Waals surface area contributed by atoms with Crippen LogP contribution in [-0.2, 0) is 6.54 Å². The molecule has 0 radical (unpaired) electrons. The van der Waals surface area contributed by atoms with E-state index < -0.39 is 4.92 Å². The number of benzene rings is 1. The van der Waals surface area contributed by atoms with E-state index in [-0.39, 0.29) is 5.69 Å². The van der Waals surface area contributed by atoms with Crippen LogP contribution in [0.25, 0.3) is 0 Å². The molecule has 5 heteroatoms. The average Bonchev–Trinajstić information content (AvgIpc) is 2.28. The fourth-order valence-electron chi connectivity index (χ4n) is 1.45. The van der Waals surface area contributed by atoms with Gasteiger partial charge in [0.2, 0.25) is 0 Å². The highest BCUT2D eigenvalue weighted by Gasteiger charge is 2.16. The Hall–Kier alpha value is -1.62. The van der Waals surface area contributed by atoms with Crippen molar-refractivity contribution in [1.82, 2.24) is 4.90 Å². The number of rotatable bonds is 5. The van der Waals surface area contributed by atoms with Gasteiger partial charge in [-0.05, 0) is 32.5 Å². The number of nitro groups is 1. The molecular weight excluding hydrogens is 220 g/mol. The van der Waals surface area contributed by atoms with E-state index in [1.54, 1.807) is 12.1 Å². The topological polar surface area (TPSA) is 55.6 Å². The number of ether oxygens (including phenoxy) is 1. The maximum absolute atomic E-state index is 10.9. The molecule has 0 aliphatic heterocycles. The molecule has 0 heterocycles. The van der Waals surface area contributed by atoms with Crippen LogP contribution < -0.4 is 4.74 Å². The number of nitro benzene ring substituents is 1. The van der Waals surface area contributed by atoms with Gasteiger partial charge in [0, 0.05) is 18.7 Å². The van der Waals surface area contributed by atoms with Crippen molar-refractivity contribution in [2.75, 3.05) is 14.2 Å². The zero-order valence-corrected chi connectivity index (χ0v) is 10.6. The second kappa shape index (κ2) is 5.63. The molecule has 0 saturated heterocycles. The molecule has 0 unspecified atom stereocenters. The van der Waals surface area contributed by atoms with Crippen LogP contribution in [0.3, 0.4) is 0 Å². The largest absolute Gasteiger partial charge is 0.490 e. The molecule has 0 spiro atoms. The lowest BCUT2D eigenvalue weighted by Crippen LogP contribution is -2.25. The Morgan fingerprint density at radius 1 is 1.47 bits per heavy atom. The van der Waals surface area contributed by atoms with Gasteiger partial charge in [0.15, 0.2) is 5.75 Å². The van der Waals surface area contributed by atoms with Crippen LogP contribution in [0.5, 0.6) is 5.75 Å². The molecule has 0 aliphatic rings. The predicted octanol–water partition coefficient (Wildman–Crippen LogP) is 2.44. The van der Waals surface area contributed by atoms with Crippen molar-refractivity contribution in [3.63, 3.8) is 0 Å². The Balaban J connectivity index is 2.96. The van der Waals surface area contributed by atoms with Crippen LogP contribution in [0.4, 0.5) is 5.69 Å². The van der Waals surface area contributed by atoms with Gasteiger partial charge in [-0.1, -0.05) is 6.07 Å². The van der Waals surface area contributed by atoms with E-state index in [0.717, 1.165) is 5.56 Å². The zero-order chi connectivity index (χ0) is 13.0. The van der Waals surface area contributed by atoms with Crippen molar-refractivity contribution in [2.45, 2.75) is 26.4 Å². The van der Waals surface area contributed by atoms with Crippen molar-refractivity contribution in [1.29, 1.82) is 0 Å². The van der Waals surface area contributed by atoms with Crippen LogP contribution in [0.2, 0.25) is 0 Å². The van der Waals surface area contributed by atoms with E-state index in [1.165, 1.54) is 7.11 Å². The van der Waals surface area contributed by atoms with E-state index in [1.807, 2.05) is 13.1 Å². The Morgan fingerprint density at radius 3 is 2.59 bits per heavy atom. The summed E-state index contributed by atoms with van der Waals surface area (Å²) in [7, 11) is 3.42. The summed E-state index contributed by atoms with van der Waals surface area (Å²) in [6.45, 7) is 4.85. The van der Waals surface area contributed by atoms with Crippen LogP contribution in [-0.4, -0.2) is 30.0 Å². The normalized spacial score (nSPS) is 10.9. The van der Waals surface area contributed by atoms with E-state index >= 15 is 0 Å². The predicted molar refractivity (Wildman–Crippen MR) is 66.3 cm³/mol. The van der Waals surface area contributed by atoms with Gasteiger partial charge < -0.3 is 4.74 Å². The molecule has 1 aromatic rings. The highest BCUT2D eigenvalue weighted by molar-refractivity contribution is 5.48. The van der Waals surface area contributed by atoms with E-state index in [2.05, 4.69) is 18.7 Å². The zero-order valence-electron chi connectivity index (χ0n) is 10.6. The third-order valence-electron chi connectivity index (χ3n) is 2.75. The van der Waals surface area contributed by atoms with Crippen molar-refractivity contribution >= 4 is 5.69 Å². The number of nitrogens with zero attached hydrogens (tertiary/aromatic N) is 2. The maximum Gasteiger partial charge on any atom is 0.311 e. The summed E-state index contributed by atoms with van der Waals surface area (Å²) in [4.78, 5) is 12.6. The van der Waals surface area contributed by atoms with E-state index in [4.69, 9.17) is 4.74 Å². The SMILES string of the molecule is COc1ccc(CN(C)C(C)C)cc1[N+](=O)[O-]. The molecule has 1 aromatic carbocycles. The summed E-state index contributed by atoms with van der Waals surface area (Å²) < 4.78 is 4.96. The summed E-state index contributed by atoms with van der Waals surface area (Å²) in [5, 5.41) is 10.9. The van der Waals surface area contributed by atoms with Gasteiger partial charge >= 0.3 is 5.69 Å². The van der Waals surface area contributed by atoms with Gasteiger partial charge in [-0.25, -0.2) is 0 Å². The minimum absolute atomic E-state index is 0.0159. The quantitative estimate of drug-likeness (QED) is 0.584. The Bertz CT molecular complexity index is 405. The van der Waals surface area contributed by atoms with Crippen LogP contribution in [0.15, 0.2) is 18.2 Å². The first kappa shape index (κ1) is 13.4. The third-order valence-corrected chi connectivity index (χ3v) is 2.75. The van der Waals surface area contributed by atoms with Gasteiger partial charge in [-0.2, -0.15) is 0 Å². The van der Waals surface area contributed by atoms with Crippen molar-refractivity contribution in [3.05, 3.63) is 33.9 Å². The summed E-state index contributed by atoms with van der Waals surface area (Å²) in [5.74, 6) is 0.297. The lowest BCUT2D eigenvalue weighted by molar-refractivity contribution is -0.385. The number of methoxy groups -OCH3 is 1. The molecule has 0 bridgehead atoms. The summed E-state index contributed by atoms with van der Waals surface area (Å²) in [6.07, 6.45) is 0. The average molecular weight is 238 g/mol. The maximum atomic E-state index is 10.9. The molecule has 1 rings (SSSR count). The second-order valence-electron chi connectivity index (χ2n) is 4.27. The molecule has 0 saturated carbocycles. The lowest BCUT2D eigenvalue weighted by atomic mass is 10.1. The number of hydrogen-bond donors (Lipinski definition) is 0. The molecule has 5 nitrogen and oxygen atoms in total. The molecule has 0 atom stereocenters. The van der Waals surface area contributed by atoms with Gasteiger partial charge in [0.25, 0.3) is 0 Å². The molecule has 17 heavy (non-hydrogen) atoms. The van der Waals surface area contributed by atoms with Crippen molar-refractivity contribution in [3.8, 4) is 5.75 Å². The fraction of sp³-hybridized carbons (Fsp3) is 0.500. The summed E-state index contributed by atoms with van der Waals surface area (Å²) in [5.41, 5.74) is 0.927. The van der Waals surface area contributed by atoms with E-state index in [0.29, 0.717) is 18.3 Å². The molecular formula is C12H18N2O3. The third kappa shape index (κ3) is 3.42. The van der Waals surface area contributed by atoms with Crippen LogP contribution in [0.1, 0.15) is 19.4 Å². The van der Waals surface area contributed by atoms with Crippen molar-refractivity contribution in [2.24, 2.45) is 0 Å². The first-order valence-corrected chi connectivity index (χ1v) is 5.47. The minimum Gasteiger partial charge on any atom is -0.490 e. The number of hydrogen-bond acceptors (Lipinski definition) is 4. The highest BCUT2D eigenvalue weighted by Crippen LogP contribution is 2.27. The van der Waals surface area contributed by atoms with Crippen LogP contribution in [0, 0.1) is 10.1 Å². The fourth-order valence-corrected chi connectivity index (χ4v) is 1.45. The molecule has 0 aromatic heterocycles. The first-order valence-electron chi connectivity index (χ1n) is 5.47. The first-order chi connectivity index (χ1) is 7.95. The van der Waals surface area contributed by atoms with Gasteiger partial charge in [0.1, 0.15) is 0 Å². The van der Waals surface area contributed by atoms with Gasteiger partial charge in [-0.15, -0.1) is 0 Å². The Morgan fingerprint density at radius 2 is 2.12 bits per heavy atom. The summed E-state index contributed by atoms with van der Waals surface area (Å²) in [6, 6.07) is 5.46. The minimum atomic E-state index is -0.419. The second-order valence-corrected chi connectivity index (χ2v) is 4.27. The van der Waals surface area contributed by atoms with Gasteiger partial charge in [-0.3, -0.25) is 15.0 Å². The smallest absolute Gasteiger partial charge is 0.311 e. The van der Waals surface area contributed by atoms with E-state index in [9.17, 15) is 10.1 Å². The summed E-state index contributed by atoms with van der Waals surface area (Å²) >= 11 is 0. The molecule has 0 N–H and O–H groups in total. The van der Waals surface area contributed by atoms with Gasteiger partial charge in [0.05, 0.1) is 12.0 Å². The molecule has 94 valence electrons. The highest BCUT2D eigenvalue weighted by atomic mass is 16.6. The Labute approximate surface area is 101 Å². The van der Waals surface area contributed by atoms with Crippen molar-refractivity contribution < 1.29 is 9.66 Å². The lowest BCUT2D eigenvalue weighted by Gasteiger charge is -2.20.